The fourth-order valence-electron chi connectivity index (χ4n) is 6.53. The molecule has 1 saturated carbocycles. The molecule has 7 nitrogen and oxygen atoms in total. The Hall–Kier alpha value is -2.68. The number of hydrogen-bond donors (Lipinski definition) is 2. The van der Waals surface area contributed by atoms with E-state index in [4.69, 9.17) is 9.31 Å². The maximum atomic E-state index is 14.1. The summed E-state index contributed by atoms with van der Waals surface area (Å²) in [5.74, 6) is -0.226. The van der Waals surface area contributed by atoms with Crippen molar-refractivity contribution in [2.24, 2.45) is 5.92 Å². The highest BCUT2D eigenvalue weighted by Crippen LogP contribution is 2.44. The topological polar surface area (TPSA) is 79.9 Å². The van der Waals surface area contributed by atoms with Crippen LogP contribution in [-0.4, -0.2) is 52.2 Å². The van der Waals surface area contributed by atoms with E-state index >= 15 is 0 Å². The van der Waals surface area contributed by atoms with Gasteiger partial charge in [-0.2, -0.15) is 0 Å². The van der Waals surface area contributed by atoms with E-state index in [2.05, 4.69) is 91.8 Å². The standard InChI is InChI=1S/C36H54BN3O4/c1-27(41)38-36(32(42)39-33(2,3)4,21-15-16-22-37-43-34(5,6)35(7,8)44-37)30-23-31(24-30)40(25-28-17-11-9-12-18-28)26-29-19-13-10-14-20-29/h9-14,17-20,30-31H,15-16,21-26H2,1-8H3,(H,38,41)(H,39,42)/t30-,31-,36?. The molecule has 2 aliphatic rings. The fraction of sp³-hybridized carbons (Fsp3) is 0.611. The zero-order chi connectivity index (χ0) is 32.2. The third-order valence-corrected chi connectivity index (χ3v) is 9.64. The van der Waals surface area contributed by atoms with Gasteiger partial charge in [-0.25, -0.2) is 0 Å². The second-order valence-electron chi connectivity index (χ2n) is 15.0. The molecule has 1 saturated heterocycles. The summed E-state index contributed by atoms with van der Waals surface area (Å²) in [5.41, 5.74) is 0.421. The Kier molecular flexibility index (Phi) is 10.7. The average molecular weight is 604 g/mol. The first-order chi connectivity index (χ1) is 20.6. The van der Waals surface area contributed by atoms with Gasteiger partial charge in [0, 0.05) is 31.6 Å². The number of rotatable bonds is 13. The van der Waals surface area contributed by atoms with Crippen molar-refractivity contribution in [1.29, 1.82) is 0 Å². The molecule has 0 radical (unpaired) electrons. The van der Waals surface area contributed by atoms with Crippen LogP contribution in [-0.2, 0) is 32.0 Å². The van der Waals surface area contributed by atoms with Gasteiger partial charge in [0.05, 0.1) is 11.2 Å². The van der Waals surface area contributed by atoms with Crippen molar-refractivity contribution in [3.63, 3.8) is 0 Å². The normalized spacial score (nSPS) is 22.2. The van der Waals surface area contributed by atoms with Gasteiger partial charge in [-0.05, 0) is 91.1 Å². The van der Waals surface area contributed by atoms with E-state index in [0.717, 1.165) is 45.1 Å². The molecule has 2 N–H and O–H groups in total. The van der Waals surface area contributed by atoms with Crippen LogP contribution in [0.2, 0.25) is 6.32 Å². The zero-order valence-corrected chi connectivity index (χ0v) is 28.2. The molecule has 1 aliphatic carbocycles. The minimum atomic E-state index is -0.975. The summed E-state index contributed by atoms with van der Waals surface area (Å²) < 4.78 is 12.4. The van der Waals surface area contributed by atoms with E-state index in [0.29, 0.717) is 12.5 Å². The number of amides is 2. The van der Waals surface area contributed by atoms with Crippen LogP contribution < -0.4 is 10.6 Å². The molecule has 240 valence electrons. The average Bonchev–Trinajstić information content (AvgIpc) is 3.10. The minimum absolute atomic E-state index is 0.0321. The summed E-state index contributed by atoms with van der Waals surface area (Å²) in [4.78, 5) is 29.4. The third kappa shape index (κ3) is 8.52. The monoisotopic (exact) mass is 603 g/mol. The van der Waals surface area contributed by atoms with Crippen LogP contribution in [0.1, 0.15) is 98.6 Å². The van der Waals surface area contributed by atoms with Gasteiger partial charge < -0.3 is 19.9 Å². The van der Waals surface area contributed by atoms with Crippen LogP contribution >= 0.6 is 0 Å². The molecule has 0 bridgehead atoms. The van der Waals surface area contributed by atoms with E-state index in [9.17, 15) is 9.59 Å². The van der Waals surface area contributed by atoms with Gasteiger partial charge in [-0.3, -0.25) is 14.5 Å². The predicted octanol–water partition coefficient (Wildman–Crippen LogP) is 6.52. The molecule has 1 heterocycles. The highest BCUT2D eigenvalue weighted by molar-refractivity contribution is 6.45. The quantitative estimate of drug-likeness (QED) is 0.201. The maximum Gasteiger partial charge on any atom is 0.457 e. The van der Waals surface area contributed by atoms with Gasteiger partial charge in [0.1, 0.15) is 5.54 Å². The summed E-state index contributed by atoms with van der Waals surface area (Å²) in [6, 6.07) is 21.4. The molecule has 8 heteroatoms. The van der Waals surface area contributed by atoms with Gasteiger partial charge >= 0.3 is 7.12 Å². The summed E-state index contributed by atoms with van der Waals surface area (Å²) >= 11 is 0. The fourth-order valence-corrected chi connectivity index (χ4v) is 6.53. The Balaban J connectivity index is 1.50. The third-order valence-electron chi connectivity index (χ3n) is 9.64. The zero-order valence-electron chi connectivity index (χ0n) is 28.2. The number of nitrogens with one attached hydrogen (secondary N) is 2. The maximum absolute atomic E-state index is 14.1. The van der Waals surface area contributed by atoms with Crippen LogP contribution in [0.4, 0.5) is 0 Å². The van der Waals surface area contributed by atoms with Crippen LogP contribution in [0.3, 0.4) is 0 Å². The Bertz CT molecular complexity index is 1180. The summed E-state index contributed by atoms with van der Waals surface area (Å²) in [7, 11) is -0.267. The second-order valence-corrected chi connectivity index (χ2v) is 15.0. The van der Waals surface area contributed by atoms with Crippen molar-refractivity contribution in [3.05, 3.63) is 71.8 Å². The molecule has 4 rings (SSSR count). The summed E-state index contributed by atoms with van der Waals surface area (Å²) in [5, 5.41) is 6.42. The number of carbonyl (C=O) groups is 2. The Labute approximate surface area is 266 Å². The lowest BCUT2D eigenvalue weighted by Crippen LogP contribution is -2.68. The summed E-state index contributed by atoms with van der Waals surface area (Å²) in [6.45, 7) is 17.4. The molecular weight excluding hydrogens is 549 g/mol. The van der Waals surface area contributed by atoms with Gasteiger partial charge in [0.25, 0.3) is 0 Å². The number of benzene rings is 2. The number of nitrogens with zero attached hydrogens (tertiary/aromatic N) is 1. The van der Waals surface area contributed by atoms with E-state index < -0.39 is 11.1 Å². The molecule has 2 fully saturated rings. The highest BCUT2D eigenvalue weighted by Gasteiger charge is 2.53. The molecule has 2 aromatic rings. The number of carbonyl (C=O) groups excluding carboxylic acids is 2. The molecular formula is C36H54BN3O4. The SMILES string of the molecule is CC(=O)NC(CCCCB1OC(C)(C)C(C)(C)O1)(C(=O)NC(C)(C)C)[C@H]1C[C@H](N(Cc2ccccc2)Cc2ccccc2)C1. The van der Waals surface area contributed by atoms with E-state index in [1.54, 1.807) is 0 Å². The molecule has 1 aliphatic heterocycles. The van der Waals surface area contributed by atoms with Crippen molar-refractivity contribution in [3.8, 4) is 0 Å². The summed E-state index contributed by atoms with van der Waals surface area (Å²) in [6.07, 6.45) is 4.62. The van der Waals surface area contributed by atoms with Gasteiger partial charge in [-0.15, -0.1) is 0 Å². The van der Waals surface area contributed by atoms with Crippen molar-refractivity contribution < 1.29 is 18.9 Å². The lowest BCUT2D eigenvalue weighted by atomic mass is 9.64. The molecule has 0 spiro atoms. The van der Waals surface area contributed by atoms with Crippen molar-refractivity contribution in [2.45, 2.75) is 135 Å². The van der Waals surface area contributed by atoms with Crippen molar-refractivity contribution in [2.75, 3.05) is 0 Å². The second kappa shape index (κ2) is 13.8. The molecule has 1 unspecified atom stereocenters. The van der Waals surface area contributed by atoms with Crippen LogP contribution in [0.25, 0.3) is 0 Å². The lowest BCUT2D eigenvalue weighted by Gasteiger charge is -2.52. The Morgan fingerprint density at radius 2 is 1.34 bits per heavy atom. The van der Waals surface area contributed by atoms with Crippen molar-refractivity contribution >= 4 is 18.9 Å². The van der Waals surface area contributed by atoms with Crippen LogP contribution in [0.5, 0.6) is 0 Å². The number of hydrogen-bond acceptors (Lipinski definition) is 5. The molecule has 2 amide bonds. The van der Waals surface area contributed by atoms with Crippen molar-refractivity contribution in [1.82, 2.24) is 15.5 Å². The van der Waals surface area contributed by atoms with Crippen LogP contribution in [0, 0.1) is 5.92 Å². The van der Waals surface area contributed by atoms with Gasteiger partial charge in [0.2, 0.25) is 11.8 Å². The smallest absolute Gasteiger partial charge is 0.403 e. The largest absolute Gasteiger partial charge is 0.457 e. The van der Waals surface area contributed by atoms with Gasteiger partial charge in [-0.1, -0.05) is 73.5 Å². The lowest BCUT2D eigenvalue weighted by molar-refractivity contribution is -0.140. The van der Waals surface area contributed by atoms with E-state index in [1.807, 2.05) is 32.9 Å². The Morgan fingerprint density at radius 3 is 1.80 bits per heavy atom. The molecule has 1 atom stereocenters. The van der Waals surface area contributed by atoms with Crippen LogP contribution in [0.15, 0.2) is 60.7 Å². The molecule has 2 aromatic carbocycles. The number of unbranched alkanes of at least 4 members (excludes halogenated alkanes) is 1. The Morgan fingerprint density at radius 1 is 0.841 bits per heavy atom. The first-order valence-corrected chi connectivity index (χ1v) is 16.4. The first kappa shape index (κ1) is 34.2. The van der Waals surface area contributed by atoms with Gasteiger partial charge in [0.15, 0.2) is 0 Å². The molecule has 44 heavy (non-hydrogen) atoms. The minimum Gasteiger partial charge on any atom is -0.403 e. The van der Waals surface area contributed by atoms with E-state index in [1.165, 1.54) is 18.1 Å². The first-order valence-electron chi connectivity index (χ1n) is 16.4. The van der Waals surface area contributed by atoms with E-state index in [-0.39, 0.29) is 36.1 Å². The highest BCUT2D eigenvalue weighted by atomic mass is 16.7. The predicted molar refractivity (Wildman–Crippen MR) is 178 cm³/mol. The molecule has 0 aromatic heterocycles.